The van der Waals surface area contributed by atoms with Gasteiger partial charge in [0.25, 0.3) is 5.89 Å². The normalized spacial score (nSPS) is 15.1. The van der Waals surface area contributed by atoms with Crippen LogP contribution in [-0.2, 0) is 6.42 Å². The van der Waals surface area contributed by atoms with E-state index in [1.54, 1.807) is 0 Å². The maximum absolute atomic E-state index is 6.20. The van der Waals surface area contributed by atoms with Crippen LogP contribution in [0, 0.1) is 0 Å². The van der Waals surface area contributed by atoms with E-state index in [0.717, 1.165) is 42.8 Å². The number of halogens is 1. The smallest absolute Gasteiger partial charge is 0.261 e. The van der Waals surface area contributed by atoms with Crippen molar-refractivity contribution in [3.05, 3.63) is 64.9 Å². The van der Waals surface area contributed by atoms with Crippen LogP contribution in [0.3, 0.4) is 0 Å². The predicted octanol–water partition coefficient (Wildman–Crippen LogP) is 4.11. The fourth-order valence-electron chi connectivity index (χ4n) is 3.06. The number of rotatable bonds is 5. The molecule has 4 rings (SSSR count). The monoisotopic (exact) mass is 369 g/mol. The number of hydrogen-bond acceptors (Lipinski definition) is 5. The van der Waals surface area contributed by atoms with Crippen molar-refractivity contribution < 1.29 is 9.26 Å². The van der Waals surface area contributed by atoms with Crippen LogP contribution in [0.1, 0.15) is 24.2 Å². The van der Waals surface area contributed by atoms with Crippen LogP contribution in [0.25, 0.3) is 11.5 Å². The fourth-order valence-corrected chi connectivity index (χ4v) is 3.18. The van der Waals surface area contributed by atoms with Crippen molar-refractivity contribution in [3.63, 3.8) is 0 Å². The van der Waals surface area contributed by atoms with E-state index in [-0.39, 0.29) is 6.10 Å². The maximum atomic E-state index is 6.20. The SMILES string of the molecule is Clc1ccc(Cc2noc(-c3ccccc3OC3CCNCC3)n2)cc1. The number of ether oxygens (including phenoxy) is 1. The molecule has 0 spiro atoms. The maximum Gasteiger partial charge on any atom is 0.261 e. The Kier molecular flexibility index (Phi) is 5.18. The lowest BCUT2D eigenvalue weighted by Gasteiger charge is -2.24. The van der Waals surface area contributed by atoms with Crippen molar-refractivity contribution in [1.29, 1.82) is 0 Å². The molecule has 1 fully saturated rings. The van der Waals surface area contributed by atoms with Gasteiger partial charge in [0.15, 0.2) is 5.82 Å². The quantitative estimate of drug-likeness (QED) is 0.733. The highest BCUT2D eigenvalue weighted by Gasteiger charge is 2.19. The summed E-state index contributed by atoms with van der Waals surface area (Å²) in [6.45, 7) is 1.97. The van der Waals surface area contributed by atoms with Crippen molar-refractivity contribution in [2.24, 2.45) is 0 Å². The molecule has 3 aromatic rings. The molecule has 0 amide bonds. The lowest BCUT2D eigenvalue weighted by molar-refractivity contribution is 0.163. The Morgan fingerprint density at radius 1 is 1.08 bits per heavy atom. The van der Waals surface area contributed by atoms with Gasteiger partial charge in [-0.3, -0.25) is 0 Å². The average molecular weight is 370 g/mol. The van der Waals surface area contributed by atoms with E-state index in [1.807, 2.05) is 48.5 Å². The van der Waals surface area contributed by atoms with E-state index >= 15 is 0 Å². The summed E-state index contributed by atoms with van der Waals surface area (Å²) in [5, 5.41) is 8.18. The van der Waals surface area contributed by atoms with Gasteiger partial charge in [-0.2, -0.15) is 4.98 Å². The Bertz CT molecular complexity index is 858. The summed E-state index contributed by atoms with van der Waals surface area (Å²) in [5.74, 6) is 1.92. The number of piperidine rings is 1. The molecule has 0 saturated carbocycles. The Hall–Kier alpha value is -2.37. The molecule has 0 atom stereocenters. The van der Waals surface area contributed by atoms with E-state index in [1.165, 1.54) is 0 Å². The molecule has 134 valence electrons. The molecule has 6 heteroatoms. The van der Waals surface area contributed by atoms with Crippen molar-refractivity contribution in [2.45, 2.75) is 25.4 Å². The summed E-state index contributed by atoms with van der Waals surface area (Å²) < 4.78 is 11.7. The van der Waals surface area contributed by atoms with Gasteiger partial charge in [0.1, 0.15) is 11.9 Å². The second kappa shape index (κ2) is 7.89. The zero-order valence-corrected chi connectivity index (χ0v) is 15.1. The first-order valence-corrected chi connectivity index (χ1v) is 9.19. The second-order valence-corrected chi connectivity index (χ2v) is 6.82. The van der Waals surface area contributed by atoms with Crippen molar-refractivity contribution in [2.75, 3.05) is 13.1 Å². The Balaban J connectivity index is 1.52. The summed E-state index contributed by atoms with van der Waals surface area (Å²) in [4.78, 5) is 4.55. The van der Waals surface area contributed by atoms with Gasteiger partial charge in [-0.05, 0) is 55.8 Å². The minimum Gasteiger partial charge on any atom is -0.489 e. The number of hydrogen-bond donors (Lipinski definition) is 1. The van der Waals surface area contributed by atoms with E-state index in [4.69, 9.17) is 20.9 Å². The molecule has 0 aliphatic carbocycles. The van der Waals surface area contributed by atoms with Crippen LogP contribution in [-0.4, -0.2) is 29.3 Å². The number of nitrogens with zero attached hydrogens (tertiary/aromatic N) is 2. The third kappa shape index (κ3) is 4.06. The topological polar surface area (TPSA) is 60.2 Å². The third-order valence-corrected chi connectivity index (χ3v) is 4.69. The summed E-state index contributed by atoms with van der Waals surface area (Å²) in [6.07, 6.45) is 2.81. The lowest BCUT2D eigenvalue weighted by Crippen LogP contribution is -2.34. The molecule has 1 aliphatic heterocycles. The predicted molar refractivity (Wildman–Crippen MR) is 101 cm³/mol. The van der Waals surface area contributed by atoms with Gasteiger partial charge in [0.05, 0.1) is 5.56 Å². The van der Waals surface area contributed by atoms with Crippen LogP contribution in [0.5, 0.6) is 5.75 Å². The first-order chi connectivity index (χ1) is 12.8. The number of aromatic nitrogens is 2. The minimum atomic E-state index is 0.217. The van der Waals surface area contributed by atoms with Gasteiger partial charge >= 0.3 is 0 Å². The molecular formula is C20H20ClN3O2. The zero-order chi connectivity index (χ0) is 17.8. The molecular weight excluding hydrogens is 350 g/mol. The van der Waals surface area contributed by atoms with Gasteiger partial charge in [-0.1, -0.05) is 41.0 Å². The summed E-state index contributed by atoms with van der Waals surface area (Å²) >= 11 is 5.93. The Labute approximate surface area is 157 Å². The van der Waals surface area contributed by atoms with E-state index in [9.17, 15) is 0 Å². The fraction of sp³-hybridized carbons (Fsp3) is 0.300. The van der Waals surface area contributed by atoms with Gasteiger partial charge in [-0.25, -0.2) is 0 Å². The summed E-state index contributed by atoms with van der Waals surface area (Å²) in [7, 11) is 0. The zero-order valence-electron chi connectivity index (χ0n) is 14.3. The highest BCUT2D eigenvalue weighted by Crippen LogP contribution is 2.30. The second-order valence-electron chi connectivity index (χ2n) is 6.38. The van der Waals surface area contributed by atoms with Gasteiger partial charge < -0.3 is 14.6 Å². The van der Waals surface area contributed by atoms with Gasteiger partial charge in [0.2, 0.25) is 0 Å². The van der Waals surface area contributed by atoms with E-state index in [2.05, 4.69) is 15.5 Å². The lowest BCUT2D eigenvalue weighted by atomic mass is 10.1. The van der Waals surface area contributed by atoms with Crippen molar-refractivity contribution >= 4 is 11.6 Å². The molecule has 0 unspecified atom stereocenters. The molecule has 0 radical (unpaired) electrons. The molecule has 5 nitrogen and oxygen atoms in total. The first-order valence-electron chi connectivity index (χ1n) is 8.82. The third-order valence-electron chi connectivity index (χ3n) is 4.44. The van der Waals surface area contributed by atoms with Crippen LogP contribution in [0.15, 0.2) is 53.1 Å². The number of para-hydroxylation sites is 1. The van der Waals surface area contributed by atoms with E-state index < -0.39 is 0 Å². The van der Waals surface area contributed by atoms with Crippen molar-refractivity contribution in [1.82, 2.24) is 15.5 Å². The summed E-state index contributed by atoms with van der Waals surface area (Å²) in [6, 6.07) is 15.5. The number of nitrogens with one attached hydrogen (secondary N) is 1. The standard InChI is InChI=1S/C20H20ClN3O2/c21-15-7-5-14(6-8-15)13-19-23-20(26-24-19)17-3-1-2-4-18(17)25-16-9-11-22-12-10-16/h1-8,16,22H,9-13H2. The first kappa shape index (κ1) is 17.1. The Morgan fingerprint density at radius 2 is 1.85 bits per heavy atom. The molecule has 1 aromatic heterocycles. The molecule has 1 aliphatic rings. The van der Waals surface area contributed by atoms with Crippen LogP contribution >= 0.6 is 11.6 Å². The molecule has 1 N–H and O–H groups in total. The molecule has 26 heavy (non-hydrogen) atoms. The summed E-state index contributed by atoms with van der Waals surface area (Å²) in [5.41, 5.74) is 1.92. The van der Waals surface area contributed by atoms with Gasteiger partial charge in [0, 0.05) is 11.4 Å². The van der Waals surface area contributed by atoms with Crippen LogP contribution in [0.2, 0.25) is 5.02 Å². The molecule has 1 saturated heterocycles. The minimum absolute atomic E-state index is 0.217. The average Bonchev–Trinajstić information content (AvgIpc) is 3.13. The number of benzene rings is 2. The molecule has 2 heterocycles. The van der Waals surface area contributed by atoms with Crippen LogP contribution in [0.4, 0.5) is 0 Å². The van der Waals surface area contributed by atoms with Crippen LogP contribution < -0.4 is 10.1 Å². The molecule has 0 bridgehead atoms. The Morgan fingerprint density at radius 3 is 2.65 bits per heavy atom. The highest BCUT2D eigenvalue weighted by atomic mass is 35.5. The largest absolute Gasteiger partial charge is 0.489 e. The van der Waals surface area contributed by atoms with E-state index in [0.29, 0.717) is 23.2 Å². The molecule has 2 aromatic carbocycles. The van der Waals surface area contributed by atoms with Gasteiger partial charge in [-0.15, -0.1) is 0 Å². The highest BCUT2D eigenvalue weighted by molar-refractivity contribution is 6.30. The van der Waals surface area contributed by atoms with Crippen molar-refractivity contribution in [3.8, 4) is 17.2 Å².